The Morgan fingerprint density at radius 2 is 0.667 bits per heavy atom. The molecule has 0 heterocycles. The third kappa shape index (κ3) is 6.16. The minimum Gasteiger partial charge on any atom is -0.476 e. The van der Waals surface area contributed by atoms with Crippen molar-refractivity contribution >= 4 is 17.1 Å². The summed E-state index contributed by atoms with van der Waals surface area (Å²) in [6.45, 7) is 13.7. The van der Waals surface area contributed by atoms with Crippen LogP contribution in [0.2, 0.25) is 0 Å². The Bertz CT molecular complexity index is 740. The molecule has 0 aromatic heterocycles. The molecule has 1 rings (SSSR count). The van der Waals surface area contributed by atoms with Crippen LogP contribution in [-0.2, 0) is 0 Å². The normalized spacial score (nSPS) is 12.3. The molecule has 0 spiro atoms. The van der Waals surface area contributed by atoms with Crippen molar-refractivity contribution in [3.63, 3.8) is 0 Å². The van der Waals surface area contributed by atoms with Crippen molar-refractivity contribution in [2.75, 3.05) is 0 Å². The van der Waals surface area contributed by atoms with Gasteiger partial charge in [0.1, 0.15) is 16.8 Å². The van der Waals surface area contributed by atoms with Crippen molar-refractivity contribution in [2.45, 2.75) is 79.1 Å². The molecule has 0 aliphatic heterocycles. The zero-order valence-electron chi connectivity index (χ0n) is 18.5. The maximum atomic E-state index is 11.9. The zero-order valence-corrected chi connectivity index (χ0v) is 18.5. The summed E-state index contributed by atoms with van der Waals surface area (Å²) in [6.07, 6.45) is 0. The monoisotopic (exact) mass is 429 g/mol. The molecular weight excluding hydrogens is 402 g/mol. The van der Waals surface area contributed by atoms with Crippen LogP contribution in [0.4, 0.5) is 17.1 Å². The van der Waals surface area contributed by atoms with Crippen molar-refractivity contribution in [1.82, 2.24) is 0 Å². The molecule has 168 valence electrons. The summed E-state index contributed by atoms with van der Waals surface area (Å²) in [5, 5.41) is 35.8. The highest BCUT2D eigenvalue weighted by Crippen LogP contribution is 2.58. The van der Waals surface area contributed by atoms with Gasteiger partial charge >= 0.3 is 17.1 Å². The first-order valence-corrected chi connectivity index (χ1v) is 8.99. The Morgan fingerprint density at radius 1 is 0.500 bits per heavy atom. The molecule has 0 amide bonds. The van der Waals surface area contributed by atoms with E-state index in [-0.39, 0.29) is 0 Å². The lowest BCUT2D eigenvalue weighted by molar-refractivity contribution is -0.408. The molecule has 0 atom stereocenters. The van der Waals surface area contributed by atoms with Crippen LogP contribution in [0.1, 0.15) is 62.3 Å². The highest BCUT2D eigenvalue weighted by Gasteiger charge is 2.49. The van der Waals surface area contributed by atoms with Gasteiger partial charge < -0.3 is 14.2 Å². The van der Waals surface area contributed by atoms with Crippen LogP contribution in [0, 0.1) is 30.3 Å². The third-order valence-corrected chi connectivity index (χ3v) is 3.06. The highest BCUT2D eigenvalue weighted by atomic mass is 16.7. The minimum atomic E-state index is -1.11. The maximum Gasteiger partial charge on any atom is 0.367 e. The van der Waals surface area contributed by atoms with Gasteiger partial charge in [-0.1, -0.05) is 0 Å². The van der Waals surface area contributed by atoms with E-state index in [1.165, 1.54) is 62.3 Å². The van der Waals surface area contributed by atoms with Crippen molar-refractivity contribution < 1.29 is 29.0 Å². The lowest BCUT2D eigenvalue weighted by Gasteiger charge is -2.26. The van der Waals surface area contributed by atoms with Gasteiger partial charge in [-0.2, -0.15) is 0 Å². The standard InChI is InChI=1S/C18H27N3O9/c1-16(2,3)28-13-10(19(22)23)14(29-17(4,5)6)12(21(26)27)15(11(13)20(24)25)30-18(7,8)9/h1-9H3. The molecule has 0 radical (unpaired) electrons. The molecule has 30 heavy (non-hydrogen) atoms. The molecule has 0 bridgehead atoms. The molecule has 0 N–H and O–H groups in total. The molecule has 0 aliphatic carbocycles. The molecular formula is C18H27N3O9. The Morgan fingerprint density at radius 3 is 0.767 bits per heavy atom. The number of ether oxygens (including phenoxy) is 3. The van der Waals surface area contributed by atoms with Gasteiger partial charge in [-0.15, -0.1) is 0 Å². The van der Waals surface area contributed by atoms with Gasteiger partial charge in [-0.05, 0) is 62.3 Å². The van der Waals surface area contributed by atoms with Crippen molar-refractivity contribution in [1.29, 1.82) is 0 Å². The van der Waals surface area contributed by atoms with Gasteiger partial charge in [0.05, 0.1) is 14.8 Å². The molecule has 12 heteroatoms. The Labute approximate surface area is 173 Å². The number of nitro groups is 3. The van der Waals surface area contributed by atoms with Gasteiger partial charge in [0.25, 0.3) is 17.2 Å². The van der Waals surface area contributed by atoms with E-state index >= 15 is 0 Å². The van der Waals surface area contributed by atoms with Gasteiger partial charge in [-0.25, -0.2) is 0 Å². The fourth-order valence-corrected chi connectivity index (χ4v) is 2.35. The lowest BCUT2D eigenvalue weighted by Crippen LogP contribution is -2.28. The van der Waals surface area contributed by atoms with Crippen molar-refractivity contribution in [2.24, 2.45) is 0 Å². The third-order valence-electron chi connectivity index (χ3n) is 3.06. The Hall–Kier alpha value is -3.18. The fraction of sp³-hybridized carbons (Fsp3) is 0.667. The summed E-state index contributed by atoms with van der Waals surface area (Å²) < 4.78 is 16.7. The molecule has 0 aliphatic rings. The Kier molecular flexibility index (Phi) is 6.56. The van der Waals surface area contributed by atoms with Gasteiger partial charge in [-0.3, -0.25) is 30.3 Å². The van der Waals surface area contributed by atoms with Crippen LogP contribution in [0.5, 0.6) is 17.2 Å². The van der Waals surface area contributed by atoms with E-state index in [9.17, 15) is 30.3 Å². The first-order valence-electron chi connectivity index (χ1n) is 8.99. The highest BCUT2D eigenvalue weighted by molar-refractivity contribution is 5.82. The predicted octanol–water partition coefficient (Wildman–Crippen LogP) is 4.94. The van der Waals surface area contributed by atoms with Gasteiger partial charge in [0, 0.05) is 0 Å². The number of nitro benzene ring substituents is 3. The number of nitrogens with zero attached hydrogens (tertiary/aromatic N) is 3. The van der Waals surface area contributed by atoms with Crippen molar-refractivity contribution in [3.8, 4) is 17.2 Å². The van der Waals surface area contributed by atoms with E-state index in [1.807, 2.05) is 0 Å². The van der Waals surface area contributed by atoms with Crippen LogP contribution in [-0.4, -0.2) is 31.6 Å². The maximum absolute atomic E-state index is 11.9. The molecule has 1 aromatic carbocycles. The van der Waals surface area contributed by atoms with E-state index in [0.29, 0.717) is 0 Å². The van der Waals surface area contributed by atoms with E-state index in [4.69, 9.17) is 14.2 Å². The summed E-state index contributed by atoms with van der Waals surface area (Å²) in [5.41, 5.74) is -6.37. The largest absolute Gasteiger partial charge is 0.476 e. The smallest absolute Gasteiger partial charge is 0.367 e. The summed E-state index contributed by atoms with van der Waals surface area (Å²) in [6, 6.07) is 0. The molecule has 0 unspecified atom stereocenters. The van der Waals surface area contributed by atoms with Crippen LogP contribution in [0.15, 0.2) is 0 Å². The first-order chi connectivity index (χ1) is 13.2. The molecule has 0 saturated carbocycles. The van der Waals surface area contributed by atoms with E-state index < -0.39 is 65.9 Å². The quantitative estimate of drug-likeness (QED) is 0.451. The second-order valence-electron chi connectivity index (χ2n) is 9.45. The van der Waals surface area contributed by atoms with Crippen LogP contribution >= 0.6 is 0 Å². The van der Waals surface area contributed by atoms with Crippen LogP contribution < -0.4 is 14.2 Å². The minimum absolute atomic E-state index is 0.776. The second-order valence-corrected chi connectivity index (χ2v) is 9.45. The predicted molar refractivity (Wildman–Crippen MR) is 108 cm³/mol. The molecule has 1 aromatic rings. The van der Waals surface area contributed by atoms with Crippen LogP contribution in [0.25, 0.3) is 0 Å². The van der Waals surface area contributed by atoms with Crippen LogP contribution in [0.3, 0.4) is 0 Å². The van der Waals surface area contributed by atoms with Gasteiger partial charge in [0.2, 0.25) is 0 Å². The number of hydrogen-bond donors (Lipinski definition) is 0. The van der Waals surface area contributed by atoms with E-state index in [0.717, 1.165) is 0 Å². The summed E-state index contributed by atoms with van der Waals surface area (Å²) in [7, 11) is 0. The SMILES string of the molecule is CC(C)(C)Oc1c([N+](=O)[O-])c(OC(C)(C)C)c([N+](=O)[O-])c(OC(C)(C)C)c1[N+](=O)[O-]. The topological polar surface area (TPSA) is 157 Å². The number of hydrogen-bond acceptors (Lipinski definition) is 9. The average Bonchev–Trinajstić information content (AvgIpc) is 2.40. The summed E-state index contributed by atoms with van der Waals surface area (Å²) >= 11 is 0. The summed E-state index contributed by atoms with van der Waals surface area (Å²) in [4.78, 5) is 32.8. The molecule has 0 saturated heterocycles. The first kappa shape index (κ1) is 24.9. The number of rotatable bonds is 6. The van der Waals surface area contributed by atoms with Crippen molar-refractivity contribution in [3.05, 3.63) is 30.3 Å². The van der Waals surface area contributed by atoms with E-state index in [2.05, 4.69) is 0 Å². The lowest BCUT2D eigenvalue weighted by atomic mass is 10.1. The average molecular weight is 429 g/mol. The van der Waals surface area contributed by atoms with Gasteiger partial charge in [0.15, 0.2) is 0 Å². The molecule has 12 nitrogen and oxygen atoms in total. The summed E-state index contributed by atoms with van der Waals surface area (Å²) in [5.74, 6) is -2.33. The second kappa shape index (κ2) is 7.92. The zero-order chi connectivity index (χ0) is 23.8. The fourth-order valence-electron chi connectivity index (χ4n) is 2.35. The van der Waals surface area contributed by atoms with E-state index in [1.54, 1.807) is 0 Å². The molecule has 0 fully saturated rings. The number of benzene rings is 1. The Balaban J connectivity index is 4.34.